The SMILES string of the molecule is CCN(CC)Cc1nc(C(C)(C)C)c(CNC)s1. The zero-order chi connectivity index (χ0) is 13.8. The molecule has 0 radical (unpaired) electrons. The van der Waals surface area contributed by atoms with E-state index in [0.29, 0.717) is 0 Å². The van der Waals surface area contributed by atoms with E-state index in [1.807, 2.05) is 18.4 Å². The number of hydrogen-bond acceptors (Lipinski definition) is 4. The van der Waals surface area contributed by atoms with Crippen LogP contribution in [-0.2, 0) is 18.5 Å². The average Bonchev–Trinajstić information content (AvgIpc) is 2.69. The third-order valence-electron chi connectivity index (χ3n) is 3.04. The summed E-state index contributed by atoms with van der Waals surface area (Å²) in [6.07, 6.45) is 0. The lowest BCUT2D eigenvalue weighted by Gasteiger charge is -2.18. The van der Waals surface area contributed by atoms with Crippen LogP contribution in [0.15, 0.2) is 0 Å². The largest absolute Gasteiger partial charge is 0.315 e. The maximum atomic E-state index is 4.87. The molecule has 0 amide bonds. The first-order valence-corrected chi connectivity index (χ1v) is 7.60. The van der Waals surface area contributed by atoms with Gasteiger partial charge in [-0.15, -0.1) is 11.3 Å². The predicted molar refractivity (Wildman–Crippen MR) is 80.2 cm³/mol. The Balaban J connectivity index is 2.95. The maximum Gasteiger partial charge on any atom is 0.107 e. The van der Waals surface area contributed by atoms with Gasteiger partial charge in [0.05, 0.1) is 12.2 Å². The summed E-state index contributed by atoms with van der Waals surface area (Å²) in [5.41, 5.74) is 1.38. The summed E-state index contributed by atoms with van der Waals surface area (Å²) in [5.74, 6) is 0. The van der Waals surface area contributed by atoms with Crippen molar-refractivity contribution >= 4 is 11.3 Å². The van der Waals surface area contributed by atoms with Crippen molar-refractivity contribution in [2.24, 2.45) is 0 Å². The lowest BCUT2D eigenvalue weighted by atomic mass is 9.91. The minimum Gasteiger partial charge on any atom is -0.315 e. The molecule has 0 fully saturated rings. The highest BCUT2D eigenvalue weighted by Crippen LogP contribution is 2.30. The van der Waals surface area contributed by atoms with Gasteiger partial charge in [0.15, 0.2) is 0 Å². The maximum absolute atomic E-state index is 4.87. The van der Waals surface area contributed by atoms with Gasteiger partial charge in [-0.3, -0.25) is 4.90 Å². The van der Waals surface area contributed by atoms with Gasteiger partial charge in [-0.1, -0.05) is 34.6 Å². The number of rotatable bonds is 6. The summed E-state index contributed by atoms with van der Waals surface area (Å²) >= 11 is 1.85. The highest BCUT2D eigenvalue weighted by Gasteiger charge is 2.23. The van der Waals surface area contributed by atoms with E-state index in [2.05, 4.69) is 44.8 Å². The number of hydrogen-bond donors (Lipinski definition) is 1. The van der Waals surface area contributed by atoms with E-state index < -0.39 is 0 Å². The smallest absolute Gasteiger partial charge is 0.107 e. The number of nitrogens with one attached hydrogen (secondary N) is 1. The van der Waals surface area contributed by atoms with Crippen LogP contribution in [0, 0.1) is 0 Å². The van der Waals surface area contributed by atoms with Gasteiger partial charge in [-0.25, -0.2) is 4.98 Å². The van der Waals surface area contributed by atoms with E-state index in [0.717, 1.165) is 26.2 Å². The zero-order valence-electron chi connectivity index (χ0n) is 12.6. The third kappa shape index (κ3) is 4.04. The van der Waals surface area contributed by atoms with E-state index in [1.54, 1.807) is 0 Å². The van der Waals surface area contributed by atoms with Crippen molar-refractivity contribution in [3.8, 4) is 0 Å². The predicted octanol–water partition coefficient (Wildman–Crippen LogP) is 3.00. The summed E-state index contributed by atoms with van der Waals surface area (Å²) in [6, 6.07) is 0. The number of nitrogens with zero attached hydrogens (tertiary/aromatic N) is 2. The molecule has 1 N–H and O–H groups in total. The Bertz CT molecular complexity index is 362. The lowest BCUT2D eigenvalue weighted by molar-refractivity contribution is 0.295. The minimum atomic E-state index is 0.129. The van der Waals surface area contributed by atoms with E-state index in [-0.39, 0.29) is 5.41 Å². The Morgan fingerprint density at radius 3 is 2.28 bits per heavy atom. The molecule has 0 saturated heterocycles. The fraction of sp³-hybridized carbons (Fsp3) is 0.786. The molecule has 0 aliphatic heterocycles. The Hall–Kier alpha value is -0.450. The molecule has 0 saturated carbocycles. The van der Waals surface area contributed by atoms with E-state index in [4.69, 9.17) is 4.98 Å². The van der Waals surface area contributed by atoms with Crippen LogP contribution in [-0.4, -0.2) is 30.0 Å². The van der Waals surface area contributed by atoms with Gasteiger partial charge in [-0.2, -0.15) is 0 Å². The van der Waals surface area contributed by atoms with Crippen LogP contribution in [0.2, 0.25) is 0 Å². The first kappa shape index (κ1) is 15.6. The van der Waals surface area contributed by atoms with Gasteiger partial charge in [0.1, 0.15) is 5.01 Å². The molecule has 1 heterocycles. The van der Waals surface area contributed by atoms with Crippen LogP contribution in [0.1, 0.15) is 50.2 Å². The quantitative estimate of drug-likeness (QED) is 0.860. The van der Waals surface area contributed by atoms with Gasteiger partial charge in [0.2, 0.25) is 0 Å². The standard InChI is InChI=1S/C14H27N3S/c1-7-17(8-2)10-12-16-13(14(3,4)5)11(18-12)9-15-6/h15H,7-10H2,1-6H3. The van der Waals surface area contributed by atoms with Crippen LogP contribution in [0.5, 0.6) is 0 Å². The van der Waals surface area contributed by atoms with Crippen LogP contribution in [0.3, 0.4) is 0 Å². The van der Waals surface area contributed by atoms with Crippen molar-refractivity contribution in [1.29, 1.82) is 0 Å². The Morgan fingerprint density at radius 2 is 1.83 bits per heavy atom. The fourth-order valence-electron chi connectivity index (χ4n) is 1.97. The molecular formula is C14H27N3S. The van der Waals surface area contributed by atoms with Gasteiger partial charge in [0.25, 0.3) is 0 Å². The van der Waals surface area contributed by atoms with Crippen molar-refractivity contribution < 1.29 is 0 Å². The van der Waals surface area contributed by atoms with Gasteiger partial charge < -0.3 is 5.32 Å². The molecule has 0 atom stereocenters. The van der Waals surface area contributed by atoms with Crippen molar-refractivity contribution in [1.82, 2.24) is 15.2 Å². The van der Waals surface area contributed by atoms with Crippen LogP contribution in [0.25, 0.3) is 0 Å². The molecule has 1 rings (SSSR count). The minimum absolute atomic E-state index is 0.129. The highest BCUT2D eigenvalue weighted by atomic mass is 32.1. The molecule has 0 spiro atoms. The molecule has 18 heavy (non-hydrogen) atoms. The monoisotopic (exact) mass is 269 g/mol. The van der Waals surface area contributed by atoms with E-state index in [9.17, 15) is 0 Å². The summed E-state index contributed by atoms with van der Waals surface area (Å²) in [6.45, 7) is 15.2. The summed E-state index contributed by atoms with van der Waals surface area (Å²) < 4.78 is 0. The van der Waals surface area contributed by atoms with Crippen LogP contribution >= 0.6 is 11.3 Å². The molecular weight excluding hydrogens is 242 g/mol. The average molecular weight is 269 g/mol. The second-order valence-corrected chi connectivity index (χ2v) is 6.79. The molecule has 0 aliphatic rings. The fourth-order valence-corrected chi connectivity index (χ4v) is 3.31. The molecule has 104 valence electrons. The van der Waals surface area contributed by atoms with Gasteiger partial charge >= 0.3 is 0 Å². The molecule has 1 aromatic rings. The molecule has 0 aromatic carbocycles. The van der Waals surface area contributed by atoms with Crippen LogP contribution < -0.4 is 5.32 Å². The summed E-state index contributed by atoms with van der Waals surface area (Å²) in [4.78, 5) is 8.67. The first-order chi connectivity index (χ1) is 8.42. The topological polar surface area (TPSA) is 28.2 Å². The summed E-state index contributed by atoms with van der Waals surface area (Å²) in [7, 11) is 2.00. The Labute approximate surface area is 116 Å². The molecule has 3 nitrogen and oxygen atoms in total. The second-order valence-electron chi connectivity index (χ2n) is 5.62. The molecule has 4 heteroatoms. The molecule has 0 unspecified atom stereocenters. The molecule has 0 bridgehead atoms. The molecule has 1 aromatic heterocycles. The summed E-state index contributed by atoms with van der Waals surface area (Å²) in [5, 5.41) is 4.49. The normalized spacial score (nSPS) is 12.4. The van der Waals surface area contributed by atoms with Crippen molar-refractivity contribution in [2.45, 2.75) is 53.1 Å². The Morgan fingerprint density at radius 1 is 1.22 bits per heavy atom. The first-order valence-electron chi connectivity index (χ1n) is 6.78. The van der Waals surface area contributed by atoms with Crippen LogP contribution in [0.4, 0.5) is 0 Å². The van der Waals surface area contributed by atoms with Crippen molar-refractivity contribution in [3.05, 3.63) is 15.6 Å². The zero-order valence-corrected chi connectivity index (χ0v) is 13.4. The van der Waals surface area contributed by atoms with E-state index in [1.165, 1.54) is 15.6 Å². The van der Waals surface area contributed by atoms with Gasteiger partial charge in [0, 0.05) is 16.8 Å². The highest BCUT2D eigenvalue weighted by molar-refractivity contribution is 7.11. The third-order valence-corrected chi connectivity index (χ3v) is 4.08. The van der Waals surface area contributed by atoms with Crippen molar-refractivity contribution in [2.75, 3.05) is 20.1 Å². The Kier molecular flexibility index (Phi) is 5.76. The number of aromatic nitrogens is 1. The number of thiazole rings is 1. The molecule has 0 aliphatic carbocycles. The van der Waals surface area contributed by atoms with Gasteiger partial charge in [-0.05, 0) is 20.1 Å². The lowest BCUT2D eigenvalue weighted by Crippen LogP contribution is -2.22. The van der Waals surface area contributed by atoms with Crippen molar-refractivity contribution in [3.63, 3.8) is 0 Å². The second kappa shape index (κ2) is 6.64. The van der Waals surface area contributed by atoms with E-state index >= 15 is 0 Å².